The van der Waals surface area contributed by atoms with Gasteiger partial charge in [-0.2, -0.15) is 0 Å². The monoisotopic (exact) mass is 426 g/mol. The molecule has 1 amide bonds. The van der Waals surface area contributed by atoms with Crippen LogP contribution in [0.2, 0.25) is 0 Å². The van der Waals surface area contributed by atoms with Gasteiger partial charge in [-0.15, -0.1) is 11.3 Å². The van der Waals surface area contributed by atoms with Gasteiger partial charge in [0.25, 0.3) is 5.91 Å². The number of benzene rings is 2. The van der Waals surface area contributed by atoms with Crippen molar-refractivity contribution < 1.29 is 13.2 Å². The Morgan fingerprint density at radius 2 is 1.83 bits per heavy atom. The molecule has 1 N–H and O–H groups in total. The predicted molar refractivity (Wildman–Crippen MR) is 115 cm³/mol. The summed E-state index contributed by atoms with van der Waals surface area (Å²) in [6.45, 7) is 2.68. The molecule has 0 radical (unpaired) electrons. The maximum Gasteiger partial charge on any atom is 0.254 e. The smallest absolute Gasteiger partial charge is 0.254 e. The van der Waals surface area contributed by atoms with Crippen LogP contribution in [-0.2, 0) is 16.4 Å². The molecule has 1 aromatic heterocycles. The summed E-state index contributed by atoms with van der Waals surface area (Å²) in [7, 11) is -3.54. The lowest BCUT2D eigenvalue weighted by atomic mass is 9.92. The minimum atomic E-state index is -3.54. The number of hydrogen-bond acceptors (Lipinski definition) is 4. The van der Waals surface area contributed by atoms with Crippen LogP contribution in [0.3, 0.4) is 0 Å². The first-order chi connectivity index (χ1) is 14.0. The van der Waals surface area contributed by atoms with Crippen LogP contribution in [0.25, 0.3) is 0 Å². The second-order valence-electron chi connectivity index (χ2n) is 6.89. The molecule has 1 atom stereocenters. The van der Waals surface area contributed by atoms with Gasteiger partial charge >= 0.3 is 0 Å². The van der Waals surface area contributed by atoms with E-state index in [-0.39, 0.29) is 16.8 Å². The van der Waals surface area contributed by atoms with Crippen molar-refractivity contribution in [3.8, 4) is 0 Å². The first-order valence-corrected chi connectivity index (χ1v) is 11.9. The number of hydrogen-bond donors (Lipinski definition) is 1. The molecule has 1 aliphatic heterocycles. The number of sulfonamides is 1. The Balaban J connectivity index is 1.67. The van der Waals surface area contributed by atoms with Crippen molar-refractivity contribution >= 4 is 27.3 Å². The molecule has 0 spiro atoms. The van der Waals surface area contributed by atoms with E-state index in [9.17, 15) is 13.2 Å². The summed E-state index contributed by atoms with van der Waals surface area (Å²) in [6.07, 6.45) is 0.828. The highest BCUT2D eigenvalue weighted by atomic mass is 32.2. The fraction of sp³-hybridized carbons (Fsp3) is 0.227. The minimum Gasteiger partial charge on any atom is -0.327 e. The third-order valence-electron chi connectivity index (χ3n) is 5.09. The van der Waals surface area contributed by atoms with Gasteiger partial charge in [-0.05, 0) is 53.3 Å². The standard InChI is InChI=1S/C22H22N2O3S2/c1-2-23-29(26,27)18-10-8-17(9-11-18)22(25)24-14-12-20-19(13-15-28-20)21(24)16-6-4-3-5-7-16/h3-11,13,15,21,23H,2,12,14H2,1H3/t21-/m1/s1. The molecular formula is C22H22N2O3S2. The molecule has 0 bridgehead atoms. The van der Waals surface area contributed by atoms with Gasteiger partial charge < -0.3 is 4.90 Å². The zero-order chi connectivity index (χ0) is 20.4. The van der Waals surface area contributed by atoms with Gasteiger partial charge in [0.1, 0.15) is 0 Å². The quantitative estimate of drug-likeness (QED) is 0.674. The Labute approximate surface area is 175 Å². The van der Waals surface area contributed by atoms with Gasteiger partial charge in [0, 0.05) is 23.5 Å². The van der Waals surface area contributed by atoms with E-state index in [4.69, 9.17) is 0 Å². The molecule has 0 fully saturated rings. The summed E-state index contributed by atoms with van der Waals surface area (Å²) >= 11 is 1.73. The summed E-state index contributed by atoms with van der Waals surface area (Å²) in [6, 6.07) is 18.2. The maximum atomic E-state index is 13.4. The highest BCUT2D eigenvalue weighted by Crippen LogP contribution is 2.38. The zero-order valence-electron chi connectivity index (χ0n) is 16.0. The summed E-state index contributed by atoms with van der Waals surface area (Å²) in [5.74, 6) is -0.0944. The number of nitrogens with one attached hydrogen (secondary N) is 1. The van der Waals surface area contributed by atoms with Crippen molar-refractivity contribution in [1.29, 1.82) is 0 Å². The van der Waals surface area contributed by atoms with Gasteiger partial charge in [0.15, 0.2) is 0 Å². The molecule has 29 heavy (non-hydrogen) atoms. The summed E-state index contributed by atoms with van der Waals surface area (Å²) in [4.78, 5) is 16.7. The number of amides is 1. The van der Waals surface area contributed by atoms with E-state index < -0.39 is 10.0 Å². The van der Waals surface area contributed by atoms with E-state index in [1.807, 2.05) is 35.2 Å². The molecule has 4 rings (SSSR count). The average molecular weight is 427 g/mol. The lowest BCUT2D eigenvalue weighted by Gasteiger charge is -2.36. The van der Waals surface area contributed by atoms with Crippen molar-refractivity contribution in [1.82, 2.24) is 9.62 Å². The Morgan fingerprint density at radius 3 is 2.52 bits per heavy atom. The topological polar surface area (TPSA) is 66.5 Å². The highest BCUT2D eigenvalue weighted by molar-refractivity contribution is 7.89. The molecule has 0 unspecified atom stereocenters. The van der Waals surface area contributed by atoms with Crippen LogP contribution in [0, 0.1) is 0 Å². The van der Waals surface area contributed by atoms with Crippen LogP contribution in [0.15, 0.2) is 70.9 Å². The SMILES string of the molecule is CCNS(=O)(=O)c1ccc(C(=O)N2CCc3sccc3[C@H]2c2ccccc2)cc1. The van der Waals surface area contributed by atoms with Crippen LogP contribution in [0.4, 0.5) is 0 Å². The molecule has 2 aromatic carbocycles. The Bertz CT molecular complexity index is 1110. The van der Waals surface area contributed by atoms with E-state index >= 15 is 0 Å². The molecular weight excluding hydrogens is 404 g/mol. The van der Waals surface area contributed by atoms with Crippen LogP contribution in [0.1, 0.15) is 39.3 Å². The van der Waals surface area contributed by atoms with Crippen LogP contribution in [0.5, 0.6) is 0 Å². The number of nitrogens with zero attached hydrogens (tertiary/aromatic N) is 1. The normalized spacial score (nSPS) is 16.4. The Morgan fingerprint density at radius 1 is 1.10 bits per heavy atom. The second kappa shape index (κ2) is 8.10. The first kappa shape index (κ1) is 19.8. The summed E-state index contributed by atoms with van der Waals surface area (Å²) < 4.78 is 26.8. The molecule has 0 aliphatic carbocycles. The van der Waals surface area contributed by atoms with Crippen molar-refractivity contribution in [2.24, 2.45) is 0 Å². The number of fused-ring (bicyclic) bond motifs is 1. The van der Waals surface area contributed by atoms with Crippen molar-refractivity contribution in [2.75, 3.05) is 13.1 Å². The van der Waals surface area contributed by atoms with E-state index in [0.717, 1.165) is 12.0 Å². The Hall–Kier alpha value is -2.48. The van der Waals surface area contributed by atoms with Gasteiger partial charge in [-0.3, -0.25) is 4.79 Å². The average Bonchev–Trinajstić information content (AvgIpc) is 3.22. The van der Waals surface area contributed by atoms with Crippen molar-refractivity contribution in [2.45, 2.75) is 24.3 Å². The van der Waals surface area contributed by atoms with Gasteiger partial charge in [-0.1, -0.05) is 37.3 Å². The van der Waals surface area contributed by atoms with Crippen molar-refractivity contribution in [3.63, 3.8) is 0 Å². The number of carbonyl (C=O) groups excluding carboxylic acids is 1. The van der Waals surface area contributed by atoms with Gasteiger partial charge in [0.05, 0.1) is 10.9 Å². The fourth-order valence-corrected chi connectivity index (χ4v) is 5.69. The number of carbonyl (C=O) groups is 1. The number of rotatable bonds is 5. The summed E-state index contributed by atoms with van der Waals surface area (Å²) in [5, 5.41) is 2.08. The predicted octanol–water partition coefficient (Wildman–Crippen LogP) is 3.83. The van der Waals surface area contributed by atoms with E-state index in [0.29, 0.717) is 18.7 Å². The largest absolute Gasteiger partial charge is 0.327 e. The fourth-order valence-electron chi connectivity index (χ4n) is 3.75. The molecule has 5 nitrogen and oxygen atoms in total. The molecule has 3 aromatic rings. The molecule has 0 saturated heterocycles. The maximum absolute atomic E-state index is 13.4. The van der Waals surface area contributed by atoms with Gasteiger partial charge in [-0.25, -0.2) is 13.1 Å². The number of thiophene rings is 1. The molecule has 150 valence electrons. The van der Waals surface area contributed by atoms with Crippen LogP contribution < -0.4 is 4.72 Å². The third-order valence-corrected chi connectivity index (χ3v) is 7.65. The lowest BCUT2D eigenvalue weighted by Crippen LogP contribution is -2.40. The molecule has 1 aliphatic rings. The lowest BCUT2D eigenvalue weighted by molar-refractivity contribution is 0.0696. The first-order valence-electron chi connectivity index (χ1n) is 9.53. The molecule has 2 heterocycles. The van der Waals surface area contributed by atoms with E-state index in [2.05, 4.69) is 16.2 Å². The molecule has 7 heteroatoms. The van der Waals surface area contributed by atoms with E-state index in [1.54, 1.807) is 30.4 Å². The van der Waals surface area contributed by atoms with E-state index in [1.165, 1.54) is 22.6 Å². The zero-order valence-corrected chi connectivity index (χ0v) is 17.7. The highest BCUT2D eigenvalue weighted by Gasteiger charge is 2.33. The Kier molecular flexibility index (Phi) is 5.54. The third kappa shape index (κ3) is 3.85. The van der Waals surface area contributed by atoms with Crippen LogP contribution >= 0.6 is 11.3 Å². The second-order valence-corrected chi connectivity index (χ2v) is 9.65. The van der Waals surface area contributed by atoms with Gasteiger partial charge in [0.2, 0.25) is 10.0 Å². The molecule has 0 saturated carbocycles. The summed E-state index contributed by atoms with van der Waals surface area (Å²) in [5.41, 5.74) is 2.73. The van der Waals surface area contributed by atoms with Crippen molar-refractivity contribution in [3.05, 3.63) is 87.6 Å². The van der Waals surface area contributed by atoms with Crippen LogP contribution in [-0.4, -0.2) is 32.3 Å². The minimum absolute atomic E-state index is 0.0944.